The molecule has 78 valence electrons. The van der Waals surface area contributed by atoms with Crippen molar-refractivity contribution in [3.8, 4) is 0 Å². The second kappa shape index (κ2) is 3.89. The van der Waals surface area contributed by atoms with Crippen LogP contribution in [0, 0.1) is 6.92 Å². The highest BCUT2D eigenvalue weighted by Gasteiger charge is 2.18. The summed E-state index contributed by atoms with van der Waals surface area (Å²) in [6.07, 6.45) is 3.57. The molecule has 2 nitrogen and oxygen atoms in total. The van der Waals surface area contributed by atoms with Crippen LogP contribution < -0.4 is 0 Å². The molecular formula is C13H14O2. The highest BCUT2D eigenvalue weighted by Crippen LogP contribution is 2.33. The number of methoxy groups -OCH3 is 1. The smallest absolute Gasteiger partial charge is 0.330 e. The van der Waals surface area contributed by atoms with E-state index in [9.17, 15) is 4.79 Å². The van der Waals surface area contributed by atoms with Gasteiger partial charge in [0.1, 0.15) is 0 Å². The average molecular weight is 202 g/mol. The Morgan fingerprint density at radius 1 is 1.40 bits per heavy atom. The van der Waals surface area contributed by atoms with Crippen molar-refractivity contribution in [2.45, 2.75) is 19.8 Å². The topological polar surface area (TPSA) is 26.3 Å². The predicted molar refractivity (Wildman–Crippen MR) is 59.5 cm³/mol. The summed E-state index contributed by atoms with van der Waals surface area (Å²) in [5.74, 6) is -0.264. The van der Waals surface area contributed by atoms with Crippen LogP contribution in [0.2, 0.25) is 0 Å². The largest absolute Gasteiger partial charge is 0.466 e. The zero-order chi connectivity index (χ0) is 10.8. The van der Waals surface area contributed by atoms with Crippen LogP contribution >= 0.6 is 0 Å². The van der Waals surface area contributed by atoms with Crippen molar-refractivity contribution in [1.29, 1.82) is 0 Å². The zero-order valence-corrected chi connectivity index (χ0v) is 9.04. The molecule has 0 aliphatic heterocycles. The third kappa shape index (κ3) is 1.80. The molecule has 1 aromatic rings. The zero-order valence-electron chi connectivity index (χ0n) is 9.04. The Kier molecular flexibility index (Phi) is 2.58. The minimum atomic E-state index is -0.264. The van der Waals surface area contributed by atoms with Gasteiger partial charge >= 0.3 is 5.97 Å². The summed E-state index contributed by atoms with van der Waals surface area (Å²) in [6, 6.07) is 6.22. The van der Waals surface area contributed by atoms with E-state index in [1.165, 1.54) is 23.8 Å². The van der Waals surface area contributed by atoms with Gasteiger partial charge in [-0.05, 0) is 42.0 Å². The molecule has 1 aromatic carbocycles. The predicted octanol–water partition coefficient (Wildman–Crippen LogP) is 2.50. The third-order valence-electron chi connectivity index (χ3n) is 2.89. The molecule has 15 heavy (non-hydrogen) atoms. The molecule has 2 rings (SSSR count). The fraction of sp³-hybridized carbons (Fsp3) is 0.308. The molecule has 0 unspecified atom stereocenters. The minimum absolute atomic E-state index is 0.264. The maximum atomic E-state index is 11.2. The summed E-state index contributed by atoms with van der Waals surface area (Å²) in [7, 11) is 1.41. The van der Waals surface area contributed by atoms with Crippen LogP contribution in [0.25, 0.3) is 5.57 Å². The Morgan fingerprint density at radius 3 is 2.93 bits per heavy atom. The van der Waals surface area contributed by atoms with Gasteiger partial charge in [-0.2, -0.15) is 0 Å². The van der Waals surface area contributed by atoms with Crippen molar-refractivity contribution in [3.05, 3.63) is 41.0 Å². The molecule has 0 N–H and O–H groups in total. The van der Waals surface area contributed by atoms with Gasteiger partial charge in [0, 0.05) is 6.08 Å². The molecule has 0 saturated carbocycles. The molecule has 0 amide bonds. The van der Waals surface area contributed by atoms with Gasteiger partial charge in [0.25, 0.3) is 0 Å². The lowest BCUT2D eigenvalue weighted by molar-refractivity contribution is -0.134. The normalized spacial score (nSPS) is 16.5. The molecule has 0 aromatic heterocycles. The number of rotatable bonds is 1. The monoisotopic (exact) mass is 202 g/mol. The summed E-state index contributed by atoms with van der Waals surface area (Å²) in [5.41, 5.74) is 4.98. The van der Waals surface area contributed by atoms with Crippen LogP contribution in [0.1, 0.15) is 23.1 Å². The maximum absolute atomic E-state index is 11.2. The number of allylic oxidation sites excluding steroid dienone is 1. The molecule has 0 atom stereocenters. The van der Waals surface area contributed by atoms with E-state index < -0.39 is 0 Å². The van der Waals surface area contributed by atoms with Crippen molar-refractivity contribution in [1.82, 2.24) is 0 Å². The Balaban J connectivity index is 2.41. The molecule has 0 saturated heterocycles. The summed E-state index contributed by atoms with van der Waals surface area (Å²) >= 11 is 0. The number of hydrogen-bond acceptors (Lipinski definition) is 2. The third-order valence-corrected chi connectivity index (χ3v) is 2.89. The van der Waals surface area contributed by atoms with Crippen molar-refractivity contribution in [3.63, 3.8) is 0 Å². The van der Waals surface area contributed by atoms with Gasteiger partial charge in [0.05, 0.1) is 7.11 Å². The number of carbonyl (C=O) groups excluding carboxylic acids is 1. The Bertz CT molecular complexity index is 430. The lowest BCUT2D eigenvalue weighted by Crippen LogP contribution is -1.95. The van der Waals surface area contributed by atoms with E-state index in [0.29, 0.717) is 0 Å². The van der Waals surface area contributed by atoms with Crippen LogP contribution in [0.5, 0.6) is 0 Å². The van der Waals surface area contributed by atoms with Crippen molar-refractivity contribution < 1.29 is 9.53 Å². The average Bonchev–Trinajstić information content (AvgIpc) is 2.63. The quantitative estimate of drug-likeness (QED) is 0.516. The van der Waals surface area contributed by atoms with Crippen LogP contribution in [-0.4, -0.2) is 13.1 Å². The first-order chi connectivity index (χ1) is 7.22. The van der Waals surface area contributed by atoms with Crippen molar-refractivity contribution in [2.75, 3.05) is 7.11 Å². The van der Waals surface area contributed by atoms with Gasteiger partial charge in [-0.3, -0.25) is 0 Å². The summed E-state index contributed by atoms with van der Waals surface area (Å²) in [6.45, 7) is 2.11. The highest BCUT2D eigenvalue weighted by atomic mass is 16.5. The van der Waals surface area contributed by atoms with Crippen LogP contribution in [0.3, 0.4) is 0 Å². The van der Waals surface area contributed by atoms with Gasteiger partial charge in [0.15, 0.2) is 0 Å². The molecular weight excluding hydrogens is 188 g/mol. The fourth-order valence-electron chi connectivity index (χ4n) is 2.08. The molecule has 0 heterocycles. The van der Waals surface area contributed by atoms with E-state index in [1.54, 1.807) is 6.08 Å². The highest BCUT2D eigenvalue weighted by molar-refractivity contribution is 5.93. The molecule has 0 radical (unpaired) electrons. The molecule has 0 bridgehead atoms. The lowest BCUT2D eigenvalue weighted by atomic mass is 10.0. The van der Waals surface area contributed by atoms with Crippen molar-refractivity contribution >= 4 is 11.5 Å². The summed E-state index contributed by atoms with van der Waals surface area (Å²) in [4.78, 5) is 11.2. The maximum Gasteiger partial charge on any atom is 0.330 e. The van der Waals surface area contributed by atoms with E-state index in [2.05, 4.69) is 23.8 Å². The fourth-order valence-corrected chi connectivity index (χ4v) is 2.08. The molecule has 2 heteroatoms. The number of aryl methyl sites for hydroxylation is 1. The summed E-state index contributed by atoms with van der Waals surface area (Å²) < 4.78 is 4.64. The number of benzene rings is 1. The minimum Gasteiger partial charge on any atom is -0.466 e. The molecule has 0 fully saturated rings. The molecule has 0 spiro atoms. The Labute approximate surface area is 89.6 Å². The standard InChI is InChI=1S/C13H14O2/c1-9-4-3-5-12-10(6-7-11(9)12)8-13(14)15-2/h3-5,8H,6-7H2,1-2H3/b10-8+. The Hall–Kier alpha value is -1.57. The van der Waals surface area contributed by atoms with Crippen LogP contribution in [0.15, 0.2) is 24.3 Å². The van der Waals surface area contributed by atoms with Crippen LogP contribution in [0.4, 0.5) is 0 Å². The SMILES string of the molecule is COC(=O)/C=C1\CCc2c(C)cccc21. The molecule has 1 aliphatic carbocycles. The first kappa shape index (κ1) is 9.97. The first-order valence-electron chi connectivity index (χ1n) is 5.09. The van der Waals surface area contributed by atoms with E-state index in [-0.39, 0.29) is 5.97 Å². The van der Waals surface area contributed by atoms with Gasteiger partial charge < -0.3 is 4.74 Å². The summed E-state index contributed by atoms with van der Waals surface area (Å²) in [5, 5.41) is 0. The van der Waals surface area contributed by atoms with Gasteiger partial charge in [0.2, 0.25) is 0 Å². The van der Waals surface area contributed by atoms with Crippen molar-refractivity contribution in [2.24, 2.45) is 0 Å². The van der Waals surface area contributed by atoms with E-state index in [1.807, 2.05) is 6.07 Å². The van der Waals surface area contributed by atoms with E-state index >= 15 is 0 Å². The van der Waals surface area contributed by atoms with E-state index in [4.69, 9.17) is 0 Å². The molecule has 1 aliphatic rings. The Morgan fingerprint density at radius 2 is 2.20 bits per heavy atom. The second-order valence-electron chi connectivity index (χ2n) is 3.79. The number of ether oxygens (including phenoxy) is 1. The number of hydrogen-bond donors (Lipinski definition) is 0. The van der Waals surface area contributed by atoms with Gasteiger partial charge in [-0.1, -0.05) is 18.2 Å². The van der Waals surface area contributed by atoms with E-state index in [0.717, 1.165) is 18.4 Å². The number of carbonyl (C=O) groups is 1. The number of esters is 1. The van der Waals surface area contributed by atoms with Gasteiger partial charge in [-0.25, -0.2) is 4.79 Å². The lowest BCUT2D eigenvalue weighted by Gasteiger charge is -2.03. The van der Waals surface area contributed by atoms with Crippen LogP contribution in [-0.2, 0) is 16.0 Å². The first-order valence-corrected chi connectivity index (χ1v) is 5.09. The van der Waals surface area contributed by atoms with Gasteiger partial charge in [-0.15, -0.1) is 0 Å². The second-order valence-corrected chi connectivity index (χ2v) is 3.79. The number of fused-ring (bicyclic) bond motifs is 1.